The predicted molar refractivity (Wildman–Crippen MR) is 94.2 cm³/mol. The monoisotopic (exact) mass is 312 g/mol. The number of allylic oxidation sites excluding steroid dienone is 1. The molecule has 0 saturated heterocycles. The number of benzene rings is 1. The van der Waals surface area contributed by atoms with Gasteiger partial charge in [-0.25, -0.2) is 4.98 Å². The molecule has 0 radical (unpaired) electrons. The van der Waals surface area contributed by atoms with Gasteiger partial charge in [0, 0.05) is 42.1 Å². The number of anilines is 2. The number of methoxy groups -OCH3 is 1. The van der Waals surface area contributed by atoms with E-state index in [0.717, 1.165) is 33.5 Å². The molecule has 120 valence electrons. The summed E-state index contributed by atoms with van der Waals surface area (Å²) in [5.41, 5.74) is 9.71. The third-order valence-electron chi connectivity index (χ3n) is 3.79. The zero-order valence-electron chi connectivity index (χ0n) is 13.0. The molecule has 1 aromatic carbocycles. The number of pyridine rings is 1. The molecule has 1 aromatic heterocycles. The van der Waals surface area contributed by atoms with Crippen molar-refractivity contribution in [3.05, 3.63) is 29.8 Å². The topological polar surface area (TPSA) is 92.8 Å². The van der Waals surface area contributed by atoms with Crippen molar-refractivity contribution in [2.75, 3.05) is 37.9 Å². The first-order valence-corrected chi connectivity index (χ1v) is 7.55. The van der Waals surface area contributed by atoms with E-state index in [0.29, 0.717) is 25.3 Å². The Balaban J connectivity index is 2.08. The molecule has 0 atom stereocenters. The van der Waals surface area contributed by atoms with Crippen LogP contribution in [0.25, 0.3) is 16.5 Å². The van der Waals surface area contributed by atoms with Crippen molar-refractivity contribution >= 4 is 34.2 Å². The Bertz CT molecular complexity index is 784. The lowest BCUT2D eigenvalue weighted by Gasteiger charge is -2.14. The van der Waals surface area contributed by atoms with Crippen LogP contribution in [-0.4, -0.2) is 43.1 Å². The minimum atomic E-state index is 0.146. The van der Waals surface area contributed by atoms with Crippen LogP contribution in [0.5, 0.6) is 5.75 Å². The summed E-state index contributed by atoms with van der Waals surface area (Å²) in [6.07, 6.45) is 4.45. The first-order chi connectivity index (χ1) is 11.2. The number of nitrogens with zero attached hydrogens (tertiary/aromatic N) is 2. The van der Waals surface area contributed by atoms with Gasteiger partial charge >= 0.3 is 0 Å². The lowest BCUT2D eigenvalue weighted by Crippen LogP contribution is -2.06. The van der Waals surface area contributed by atoms with Crippen molar-refractivity contribution in [1.82, 2.24) is 4.98 Å². The van der Waals surface area contributed by atoms with E-state index in [1.54, 1.807) is 19.4 Å². The SMILES string of the molecule is COc1cc2c(NCCCO)cc(N)nc2cc1C1=CC=NC1. The van der Waals surface area contributed by atoms with Crippen LogP contribution < -0.4 is 15.8 Å². The van der Waals surface area contributed by atoms with Crippen molar-refractivity contribution in [2.45, 2.75) is 6.42 Å². The van der Waals surface area contributed by atoms with Crippen LogP contribution in [0.3, 0.4) is 0 Å². The van der Waals surface area contributed by atoms with Gasteiger partial charge in [0.2, 0.25) is 0 Å². The minimum Gasteiger partial charge on any atom is -0.496 e. The van der Waals surface area contributed by atoms with E-state index in [-0.39, 0.29) is 6.61 Å². The van der Waals surface area contributed by atoms with Crippen LogP contribution in [0.4, 0.5) is 11.5 Å². The molecular weight excluding hydrogens is 292 g/mol. The average Bonchev–Trinajstić information content (AvgIpc) is 3.08. The zero-order valence-corrected chi connectivity index (χ0v) is 13.0. The molecule has 1 aliphatic heterocycles. The lowest BCUT2D eigenvalue weighted by molar-refractivity contribution is 0.292. The second kappa shape index (κ2) is 6.66. The Kier molecular flexibility index (Phi) is 4.43. The van der Waals surface area contributed by atoms with Crippen molar-refractivity contribution in [1.29, 1.82) is 0 Å². The number of hydrogen-bond acceptors (Lipinski definition) is 6. The normalized spacial score (nSPS) is 13.4. The molecule has 0 bridgehead atoms. The van der Waals surface area contributed by atoms with Crippen LogP contribution in [0.15, 0.2) is 29.3 Å². The maximum Gasteiger partial charge on any atom is 0.127 e. The van der Waals surface area contributed by atoms with Gasteiger partial charge in [-0.2, -0.15) is 0 Å². The molecule has 23 heavy (non-hydrogen) atoms. The fourth-order valence-corrected chi connectivity index (χ4v) is 2.66. The minimum absolute atomic E-state index is 0.146. The highest BCUT2D eigenvalue weighted by Crippen LogP contribution is 2.35. The van der Waals surface area contributed by atoms with Crippen molar-refractivity contribution in [3.63, 3.8) is 0 Å². The predicted octanol–water partition coefficient (Wildman–Crippen LogP) is 2.09. The Labute approximate surface area is 134 Å². The highest BCUT2D eigenvalue weighted by molar-refractivity contribution is 5.99. The van der Waals surface area contributed by atoms with Gasteiger partial charge in [-0.05, 0) is 30.2 Å². The third kappa shape index (κ3) is 3.12. The van der Waals surface area contributed by atoms with Gasteiger partial charge in [0.15, 0.2) is 0 Å². The van der Waals surface area contributed by atoms with E-state index >= 15 is 0 Å². The maximum atomic E-state index is 8.94. The molecule has 4 N–H and O–H groups in total. The van der Waals surface area contributed by atoms with Gasteiger partial charge in [-0.3, -0.25) is 4.99 Å². The van der Waals surface area contributed by atoms with Gasteiger partial charge in [-0.1, -0.05) is 0 Å². The van der Waals surface area contributed by atoms with Crippen LogP contribution in [0.1, 0.15) is 12.0 Å². The number of nitrogens with one attached hydrogen (secondary N) is 1. The molecule has 0 fully saturated rings. The van der Waals surface area contributed by atoms with Crippen molar-refractivity contribution < 1.29 is 9.84 Å². The van der Waals surface area contributed by atoms with Crippen LogP contribution in [0.2, 0.25) is 0 Å². The first kappa shape index (κ1) is 15.3. The molecular formula is C17H20N4O2. The summed E-state index contributed by atoms with van der Waals surface area (Å²) in [5.74, 6) is 1.24. The summed E-state index contributed by atoms with van der Waals surface area (Å²) in [4.78, 5) is 8.66. The number of nitrogen functional groups attached to an aromatic ring is 1. The van der Waals surface area contributed by atoms with E-state index in [1.807, 2.05) is 18.2 Å². The van der Waals surface area contributed by atoms with Gasteiger partial charge < -0.3 is 20.9 Å². The highest BCUT2D eigenvalue weighted by atomic mass is 16.5. The Morgan fingerprint density at radius 2 is 2.22 bits per heavy atom. The summed E-state index contributed by atoms with van der Waals surface area (Å²) < 4.78 is 5.55. The molecule has 3 rings (SSSR count). The van der Waals surface area contributed by atoms with E-state index in [4.69, 9.17) is 15.6 Å². The molecule has 1 aliphatic rings. The molecule has 6 nitrogen and oxygen atoms in total. The number of nitrogens with two attached hydrogens (primary N) is 1. The number of rotatable bonds is 6. The molecule has 0 amide bonds. The van der Waals surface area contributed by atoms with E-state index in [9.17, 15) is 0 Å². The van der Waals surface area contributed by atoms with Crippen LogP contribution in [0, 0.1) is 0 Å². The second-order valence-corrected chi connectivity index (χ2v) is 5.35. The molecule has 2 aromatic rings. The fraction of sp³-hybridized carbons (Fsp3) is 0.294. The smallest absolute Gasteiger partial charge is 0.127 e. The number of aromatic nitrogens is 1. The molecule has 0 aliphatic carbocycles. The highest BCUT2D eigenvalue weighted by Gasteiger charge is 2.14. The maximum absolute atomic E-state index is 8.94. The number of aliphatic hydroxyl groups excluding tert-OH is 1. The molecule has 0 spiro atoms. The van der Waals surface area contributed by atoms with Gasteiger partial charge in [0.05, 0.1) is 19.2 Å². The Morgan fingerprint density at radius 3 is 2.91 bits per heavy atom. The molecule has 0 saturated carbocycles. The van der Waals surface area contributed by atoms with Gasteiger partial charge in [0.25, 0.3) is 0 Å². The summed E-state index contributed by atoms with van der Waals surface area (Å²) >= 11 is 0. The Morgan fingerprint density at radius 1 is 1.35 bits per heavy atom. The second-order valence-electron chi connectivity index (χ2n) is 5.35. The number of aliphatic hydroxyl groups is 1. The summed E-state index contributed by atoms with van der Waals surface area (Å²) in [6, 6.07) is 5.76. The average molecular weight is 312 g/mol. The largest absolute Gasteiger partial charge is 0.496 e. The van der Waals surface area contributed by atoms with Crippen LogP contribution in [-0.2, 0) is 0 Å². The van der Waals surface area contributed by atoms with E-state index < -0.39 is 0 Å². The number of fused-ring (bicyclic) bond motifs is 1. The quantitative estimate of drug-likeness (QED) is 0.710. The standard InChI is InChI=1S/C17H20N4O2/c1-23-16-8-13-14(20-4-2-6-22)9-17(18)21-15(13)7-12(16)11-3-5-19-10-11/h3,5,7-9,22H,2,4,6,10H2,1H3,(H3,18,20,21). The van der Waals surface area contributed by atoms with E-state index in [1.165, 1.54) is 0 Å². The first-order valence-electron chi connectivity index (χ1n) is 7.55. The summed E-state index contributed by atoms with van der Waals surface area (Å²) in [5, 5.41) is 13.2. The summed E-state index contributed by atoms with van der Waals surface area (Å²) in [6.45, 7) is 1.46. The van der Waals surface area contributed by atoms with Crippen molar-refractivity contribution in [3.8, 4) is 5.75 Å². The summed E-state index contributed by atoms with van der Waals surface area (Å²) in [7, 11) is 1.66. The lowest BCUT2D eigenvalue weighted by atomic mass is 10.0. The Hall–Kier alpha value is -2.60. The molecule has 2 heterocycles. The van der Waals surface area contributed by atoms with Gasteiger partial charge in [-0.15, -0.1) is 0 Å². The number of ether oxygens (including phenoxy) is 1. The van der Waals surface area contributed by atoms with Crippen molar-refractivity contribution in [2.24, 2.45) is 4.99 Å². The van der Waals surface area contributed by atoms with Gasteiger partial charge in [0.1, 0.15) is 11.6 Å². The molecule has 0 unspecified atom stereocenters. The molecule has 6 heteroatoms. The van der Waals surface area contributed by atoms with E-state index in [2.05, 4.69) is 15.3 Å². The number of hydrogen-bond donors (Lipinski definition) is 3. The fourth-order valence-electron chi connectivity index (χ4n) is 2.66. The van der Waals surface area contributed by atoms with Crippen LogP contribution >= 0.6 is 0 Å². The zero-order chi connectivity index (χ0) is 16.2. The number of aliphatic imine (C=N–C) groups is 1. The third-order valence-corrected chi connectivity index (χ3v) is 3.79.